The van der Waals surface area contributed by atoms with Crippen molar-refractivity contribution in [1.82, 2.24) is 0 Å². The van der Waals surface area contributed by atoms with E-state index in [2.05, 4.69) is 0 Å². The molecule has 0 N–H and O–H groups in total. The quantitative estimate of drug-likeness (QED) is 0.621. The van der Waals surface area contributed by atoms with Crippen molar-refractivity contribution >= 4 is 23.2 Å². The number of carbonyl (C=O) groups excluding carboxylic acids is 3. The first-order valence-corrected chi connectivity index (χ1v) is 8.33. The van der Waals surface area contributed by atoms with Gasteiger partial charge in [-0.05, 0) is 31.9 Å². The normalized spacial score (nSPS) is 20.3. The summed E-state index contributed by atoms with van der Waals surface area (Å²) in [5.41, 5.74) is 1.32. The Morgan fingerprint density at radius 2 is 1.64 bits per heavy atom. The summed E-state index contributed by atoms with van der Waals surface area (Å²) in [6.45, 7) is 3.25. The number of likely N-dealkylation sites (N-methyl/N-ethyl adjacent to an activating group) is 1. The third-order valence-electron chi connectivity index (χ3n) is 5.11. The molecular weight excluding hydrogens is 314 g/mol. The van der Waals surface area contributed by atoms with Gasteiger partial charge in [-0.1, -0.05) is 48.5 Å². The topological polar surface area (TPSA) is 54.5 Å². The molecule has 2 aromatic carbocycles. The second kappa shape index (κ2) is 6.28. The summed E-state index contributed by atoms with van der Waals surface area (Å²) in [4.78, 5) is 39.6. The predicted octanol–water partition coefficient (Wildman–Crippen LogP) is 3.40. The lowest BCUT2D eigenvalue weighted by Gasteiger charge is -2.27. The number of hydrogen-bond donors (Lipinski definition) is 0. The van der Waals surface area contributed by atoms with Crippen LogP contribution in [-0.2, 0) is 15.0 Å². The molecule has 0 fully saturated rings. The average molecular weight is 335 g/mol. The first kappa shape index (κ1) is 17.1. The van der Waals surface area contributed by atoms with E-state index in [0.717, 1.165) is 11.3 Å². The SMILES string of the molecule is CC(=O)C(CC1(C)C(=O)N(C)c2ccccc21)C(=O)c1ccccc1. The Kier molecular flexibility index (Phi) is 4.29. The zero-order valence-corrected chi connectivity index (χ0v) is 14.7. The van der Waals surface area contributed by atoms with Gasteiger partial charge >= 0.3 is 0 Å². The van der Waals surface area contributed by atoms with Crippen LogP contribution in [0.5, 0.6) is 0 Å². The molecule has 4 nitrogen and oxygen atoms in total. The summed E-state index contributed by atoms with van der Waals surface area (Å²) in [5.74, 6) is -1.36. The lowest BCUT2D eigenvalue weighted by molar-refractivity contribution is -0.124. The maximum absolute atomic E-state index is 12.9. The van der Waals surface area contributed by atoms with Gasteiger partial charge in [0, 0.05) is 18.3 Å². The van der Waals surface area contributed by atoms with Gasteiger partial charge in [0.15, 0.2) is 5.78 Å². The predicted molar refractivity (Wildman–Crippen MR) is 96.8 cm³/mol. The summed E-state index contributed by atoms with van der Waals surface area (Å²) in [7, 11) is 1.73. The van der Waals surface area contributed by atoms with Crippen LogP contribution in [0.4, 0.5) is 5.69 Å². The third-order valence-corrected chi connectivity index (χ3v) is 5.11. The standard InChI is InChI=1S/C21H21NO3/c1-14(23)16(19(24)15-9-5-4-6-10-15)13-21(2)17-11-7-8-12-18(17)22(3)20(21)25/h4-12,16H,13H2,1-3H3. The van der Waals surface area contributed by atoms with E-state index in [1.165, 1.54) is 6.92 Å². The molecule has 2 aromatic rings. The highest BCUT2D eigenvalue weighted by Gasteiger charge is 2.48. The summed E-state index contributed by atoms with van der Waals surface area (Å²) >= 11 is 0. The molecule has 0 saturated heterocycles. The van der Waals surface area contributed by atoms with Gasteiger partial charge in [-0.25, -0.2) is 0 Å². The molecule has 3 rings (SSSR count). The minimum Gasteiger partial charge on any atom is -0.314 e. The van der Waals surface area contributed by atoms with Crippen LogP contribution in [0.25, 0.3) is 0 Å². The van der Waals surface area contributed by atoms with Gasteiger partial charge in [0.05, 0.1) is 11.3 Å². The monoisotopic (exact) mass is 335 g/mol. The van der Waals surface area contributed by atoms with E-state index in [4.69, 9.17) is 0 Å². The fourth-order valence-corrected chi connectivity index (χ4v) is 3.66. The number of benzene rings is 2. The van der Waals surface area contributed by atoms with E-state index in [1.54, 1.807) is 36.2 Å². The number of rotatable bonds is 5. The fourth-order valence-electron chi connectivity index (χ4n) is 3.66. The van der Waals surface area contributed by atoms with Crippen LogP contribution in [0.15, 0.2) is 54.6 Å². The Hall–Kier alpha value is -2.75. The summed E-state index contributed by atoms with van der Waals surface area (Å²) in [5, 5.41) is 0. The van der Waals surface area contributed by atoms with E-state index in [1.807, 2.05) is 37.3 Å². The summed E-state index contributed by atoms with van der Waals surface area (Å²) in [6.07, 6.45) is 0.177. The van der Waals surface area contributed by atoms with Gasteiger partial charge in [0.25, 0.3) is 0 Å². The van der Waals surface area contributed by atoms with E-state index in [9.17, 15) is 14.4 Å². The molecule has 1 amide bonds. The van der Waals surface area contributed by atoms with Crippen molar-refractivity contribution in [2.75, 3.05) is 11.9 Å². The molecule has 128 valence electrons. The highest BCUT2D eigenvalue weighted by atomic mass is 16.2. The minimum absolute atomic E-state index is 0.0826. The van der Waals surface area contributed by atoms with Gasteiger partial charge in [-0.2, -0.15) is 0 Å². The summed E-state index contributed by atoms with van der Waals surface area (Å²) < 4.78 is 0. The molecule has 2 unspecified atom stereocenters. The maximum atomic E-state index is 12.9. The molecule has 0 saturated carbocycles. The van der Waals surface area contributed by atoms with Crippen LogP contribution >= 0.6 is 0 Å². The average Bonchev–Trinajstić information content (AvgIpc) is 2.82. The number of ketones is 2. The lowest BCUT2D eigenvalue weighted by atomic mass is 9.73. The molecule has 1 aliphatic heterocycles. The number of nitrogens with zero attached hydrogens (tertiary/aromatic N) is 1. The largest absolute Gasteiger partial charge is 0.314 e. The van der Waals surface area contributed by atoms with E-state index in [0.29, 0.717) is 5.56 Å². The molecule has 4 heteroatoms. The van der Waals surface area contributed by atoms with Crippen molar-refractivity contribution < 1.29 is 14.4 Å². The van der Waals surface area contributed by atoms with Crippen molar-refractivity contribution in [3.63, 3.8) is 0 Å². The number of anilines is 1. The van der Waals surface area contributed by atoms with E-state index < -0.39 is 11.3 Å². The highest BCUT2D eigenvalue weighted by molar-refractivity contribution is 6.12. The van der Waals surface area contributed by atoms with Crippen molar-refractivity contribution in [3.8, 4) is 0 Å². The molecule has 0 aromatic heterocycles. The highest BCUT2D eigenvalue weighted by Crippen LogP contribution is 2.45. The van der Waals surface area contributed by atoms with E-state index >= 15 is 0 Å². The Labute approximate surface area is 147 Å². The number of para-hydroxylation sites is 1. The van der Waals surface area contributed by atoms with Gasteiger partial charge < -0.3 is 4.90 Å². The summed E-state index contributed by atoms with van der Waals surface area (Å²) in [6, 6.07) is 16.3. The molecular formula is C21H21NO3. The third kappa shape index (κ3) is 2.78. The molecule has 1 heterocycles. The van der Waals surface area contributed by atoms with Gasteiger partial charge in [0.2, 0.25) is 5.91 Å². The molecule has 0 spiro atoms. The van der Waals surface area contributed by atoms with Crippen LogP contribution in [0.1, 0.15) is 36.2 Å². The van der Waals surface area contributed by atoms with Crippen LogP contribution < -0.4 is 4.90 Å². The van der Waals surface area contributed by atoms with E-state index in [-0.39, 0.29) is 23.9 Å². The first-order chi connectivity index (χ1) is 11.9. The van der Waals surface area contributed by atoms with Crippen LogP contribution in [0.2, 0.25) is 0 Å². The minimum atomic E-state index is -0.883. The smallest absolute Gasteiger partial charge is 0.237 e. The zero-order chi connectivity index (χ0) is 18.2. The molecule has 25 heavy (non-hydrogen) atoms. The Morgan fingerprint density at radius 1 is 1.04 bits per heavy atom. The van der Waals surface area contributed by atoms with Crippen molar-refractivity contribution in [1.29, 1.82) is 0 Å². The van der Waals surface area contributed by atoms with Gasteiger partial charge in [0.1, 0.15) is 5.78 Å². The fraction of sp³-hybridized carbons (Fsp3) is 0.286. The number of fused-ring (bicyclic) bond motifs is 1. The van der Waals surface area contributed by atoms with Crippen LogP contribution in [0, 0.1) is 5.92 Å². The Morgan fingerprint density at radius 3 is 2.28 bits per heavy atom. The van der Waals surface area contributed by atoms with Gasteiger partial charge in [-0.3, -0.25) is 14.4 Å². The molecule has 0 radical (unpaired) electrons. The lowest BCUT2D eigenvalue weighted by Crippen LogP contribution is -2.40. The number of Topliss-reactive ketones (excluding diaryl/α,β-unsaturated/α-hetero) is 2. The molecule has 0 aliphatic carbocycles. The second-order valence-electron chi connectivity index (χ2n) is 6.81. The van der Waals surface area contributed by atoms with Crippen molar-refractivity contribution in [3.05, 3.63) is 65.7 Å². The van der Waals surface area contributed by atoms with Crippen LogP contribution in [0.3, 0.4) is 0 Å². The van der Waals surface area contributed by atoms with Gasteiger partial charge in [-0.15, -0.1) is 0 Å². The zero-order valence-electron chi connectivity index (χ0n) is 14.7. The molecule has 0 bridgehead atoms. The Balaban J connectivity index is 1.99. The first-order valence-electron chi connectivity index (χ1n) is 8.33. The number of carbonyl (C=O) groups is 3. The maximum Gasteiger partial charge on any atom is 0.237 e. The second-order valence-corrected chi connectivity index (χ2v) is 6.81. The number of amides is 1. The van der Waals surface area contributed by atoms with Crippen LogP contribution in [-0.4, -0.2) is 24.5 Å². The van der Waals surface area contributed by atoms with Crippen molar-refractivity contribution in [2.24, 2.45) is 5.92 Å². The van der Waals surface area contributed by atoms with Crippen molar-refractivity contribution in [2.45, 2.75) is 25.7 Å². The Bertz CT molecular complexity index is 843. The molecule has 1 aliphatic rings. The number of hydrogen-bond acceptors (Lipinski definition) is 3. The molecule has 2 atom stereocenters.